The van der Waals surface area contributed by atoms with E-state index in [1.807, 2.05) is 45.0 Å². The lowest BCUT2D eigenvalue weighted by Gasteiger charge is -2.06. The van der Waals surface area contributed by atoms with Gasteiger partial charge in [-0.2, -0.15) is 4.98 Å². The SMILES string of the molecule is COc1cccc(CNC(=O)CSc2nc3nc(C)c(C)c(C)n3n2)c1. The van der Waals surface area contributed by atoms with Crippen molar-refractivity contribution in [2.45, 2.75) is 32.5 Å². The third-order valence-electron chi connectivity index (χ3n) is 4.20. The topological polar surface area (TPSA) is 81.4 Å². The lowest BCUT2D eigenvalue weighted by molar-refractivity contribution is -0.118. The molecule has 1 amide bonds. The number of aromatic nitrogens is 4. The summed E-state index contributed by atoms with van der Waals surface area (Å²) in [6.07, 6.45) is 0. The Kier molecular flexibility index (Phi) is 5.41. The molecule has 2 heterocycles. The van der Waals surface area contributed by atoms with Crippen LogP contribution in [0, 0.1) is 20.8 Å². The van der Waals surface area contributed by atoms with Gasteiger partial charge in [-0.15, -0.1) is 5.10 Å². The Hall–Kier alpha value is -2.61. The van der Waals surface area contributed by atoms with E-state index in [1.54, 1.807) is 11.6 Å². The summed E-state index contributed by atoms with van der Waals surface area (Å²) in [6.45, 7) is 6.41. The summed E-state index contributed by atoms with van der Waals surface area (Å²) in [4.78, 5) is 20.9. The number of hydrogen-bond acceptors (Lipinski definition) is 6. The van der Waals surface area contributed by atoms with Crippen LogP contribution in [0.1, 0.15) is 22.5 Å². The van der Waals surface area contributed by atoms with E-state index >= 15 is 0 Å². The van der Waals surface area contributed by atoms with Crippen LogP contribution in [0.4, 0.5) is 0 Å². The zero-order valence-electron chi connectivity index (χ0n) is 15.2. The summed E-state index contributed by atoms with van der Waals surface area (Å²) in [7, 11) is 1.62. The summed E-state index contributed by atoms with van der Waals surface area (Å²) in [5.41, 5.74) is 4.03. The number of nitrogens with one attached hydrogen (secondary N) is 1. The number of thioether (sulfide) groups is 1. The van der Waals surface area contributed by atoms with E-state index < -0.39 is 0 Å². The molecule has 0 saturated carbocycles. The smallest absolute Gasteiger partial charge is 0.253 e. The molecule has 1 N–H and O–H groups in total. The van der Waals surface area contributed by atoms with Crippen LogP contribution in [0.3, 0.4) is 0 Å². The Labute approximate surface area is 156 Å². The van der Waals surface area contributed by atoms with E-state index in [9.17, 15) is 4.79 Å². The average Bonchev–Trinajstić information content (AvgIpc) is 3.06. The molecule has 0 radical (unpaired) electrons. The largest absolute Gasteiger partial charge is 0.497 e. The maximum atomic E-state index is 12.1. The zero-order valence-corrected chi connectivity index (χ0v) is 16.1. The molecule has 7 nitrogen and oxygen atoms in total. The first-order valence-corrected chi connectivity index (χ1v) is 9.19. The molecule has 8 heteroatoms. The number of carbonyl (C=O) groups is 1. The second-order valence-corrected chi connectivity index (χ2v) is 6.87. The van der Waals surface area contributed by atoms with Gasteiger partial charge in [0.25, 0.3) is 5.78 Å². The van der Waals surface area contributed by atoms with Gasteiger partial charge in [0.2, 0.25) is 11.1 Å². The minimum atomic E-state index is -0.0753. The Morgan fingerprint density at radius 3 is 2.85 bits per heavy atom. The zero-order chi connectivity index (χ0) is 18.7. The van der Waals surface area contributed by atoms with E-state index in [4.69, 9.17) is 4.74 Å². The van der Waals surface area contributed by atoms with Crippen molar-refractivity contribution in [3.05, 3.63) is 46.8 Å². The van der Waals surface area contributed by atoms with Crippen molar-refractivity contribution in [1.82, 2.24) is 24.9 Å². The van der Waals surface area contributed by atoms with Crippen molar-refractivity contribution in [2.75, 3.05) is 12.9 Å². The number of ether oxygens (including phenoxy) is 1. The van der Waals surface area contributed by atoms with Crippen molar-refractivity contribution in [3.8, 4) is 5.75 Å². The summed E-state index contributed by atoms with van der Waals surface area (Å²) < 4.78 is 6.90. The second kappa shape index (κ2) is 7.74. The van der Waals surface area contributed by atoms with Crippen LogP contribution in [-0.2, 0) is 11.3 Å². The lowest BCUT2D eigenvalue weighted by Crippen LogP contribution is -2.24. The molecule has 3 rings (SSSR count). The molecular weight excluding hydrogens is 350 g/mol. The lowest BCUT2D eigenvalue weighted by atomic mass is 10.2. The summed E-state index contributed by atoms with van der Waals surface area (Å²) in [6, 6.07) is 7.61. The van der Waals surface area contributed by atoms with Crippen molar-refractivity contribution in [2.24, 2.45) is 0 Å². The minimum absolute atomic E-state index is 0.0753. The van der Waals surface area contributed by atoms with E-state index in [0.29, 0.717) is 17.5 Å². The van der Waals surface area contributed by atoms with E-state index in [-0.39, 0.29) is 11.7 Å². The van der Waals surface area contributed by atoms with E-state index in [0.717, 1.165) is 28.3 Å². The van der Waals surface area contributed by atoms with Crippen LogP contribution >= 0.6 is 11.8 Å². The molecular formula is C18H21N5O2S. The summed E-state index contributed by atoms with van der Waals surface area (Å²) in [5.74, 6) is 1.50. The van der Waals surface area contributed by atoms with E-state index in [2.05, 4.69) is 20.4 Å². The van der Waals surface area contributed by atoms with Gasteiger partial charge in [-0.05, 0) is 44.0 Å². The molecule has 0 bridgehead atoms. The predicted octanol–water partition coefficient (Wildman–Crippen LogP) is 2.47. The highest BCUT2D eigenvalue weighted by molar-refractivity contribution is 7.99. The fourth-order valence-corrected chi connectivity index (χ4v) is 3.11. The molecule has 0 atom stereocenters. The molecule has 2 aromatic heterocycles. The first-order chi connectivity index (χ1) is 12.5. The van der Waals surface area contributed by atoms with Crippen LogP contribution in [0.15, 0.2) is 29.4 Å². The van der Waals surface area contributed by atoms with Crippen LogP contribution in [-0.4, -0.2) is 38.4 Å². The number of hydrogen-bond donors (Lipinski definition) is 1. The number of benzene rings is 1. The van der Waals surface area contributed by atoms with Crippen molar-refractivity contribution < 1.29 is 9.53 Å². The maximum Gasteiger partial charge on any atom is 0.253 e. The quantitative estimate of drug-likeness (QED) is 0.671. The van der Waals surface area contributed by atoms with Crippen LogP contribution in [0.25, 0.3) is 5.78 Å². The molecule has 136 valence electrons. The van der Waals surface area contributed by atoms with Crippen LogP contribution in [0.5, 0.6) is 5.75 Å². The predicted molar refractivity (Wildman–Crippen MR) is 101 cm³/mol. The van der Waals surface area contributed by atoms with Gasteiger partial charge in [0.15, 0.2) is 0 Å². The Morgan fingerprint density at radius 1 is 1.27 bits per heavy atom. The molecule has 0 spiro atoms. The highest BCUT2D eigenvalue weighted by Gasteiger charge is 2.12. The van der Waals surface area contributed by atoms with Gasteiger partial charge in [-0.1, -0.05) is 23.9 Å². The van der Waals surface area contributed by atoms with Gasteiger partial charge >= 0.3 is 0 Å². The second-order valence-electron chi connectivity index (χ2n) is 5.93. The summed E-state index contributed by atoms with van der Waals surface area (Å²) >= 11 is 1.30. The minimum Gasteiger partial charge on any atom is -0.497 e. The molecule has 0 saturated heterocycles. The first kappa shape index (κ1) is 18.2. The highest BCUT2D eigenvalue weighted by atomic mass is 32.2. The molecule has 1 aromatic carbocycles. The number of carbonyl (C=O) groups excluding carboxylic acids is 1. The number of aryl methyl sites for hydroxylation is 2. The van der Waals surface area contributed by atoms with Crippen LogP contribution in [0.2, 0.25) is 0 Å². The number of rotatable bonds is 6. The van der Waals surface area contributed by atoms with Crippen molar-refractivity contribution >= 4 is 23.4 Å². The van der Waals surface area contributed by atoms with Crippen LogP contribution < -0.4 is 10.1 Å². The maximum absolute atomic E-state index is 12.1. The Bertz CT molecular complexity index is 954. The van der Waals surface area contributed by atoms with Gasteiger partial charge in [-0.3, -0.25) is 4.79 Å². The van der Waals surface area contributed by atoms with E-state index in [1.165, 1.54) is 11.8 Å². The summed E-state index contributed by atoms with van der Waals surface area (Å²) in [5, 5.41) is 7.87. The Morgan fingerprint density at radius 2 is 2.08 bits per heavy atom. The molecule has 3 aromatic rings. The molecule has 0 aliphatic rings. The van der Waals surface area contributed by atoms with Crippen molar-refractivity contribution in [3.63, 3.8) is 0 Å². The third-order valence-corrected chi connectivity index (χ3v) is 5.04. The number of fused-ring (bicyclic) bond motifs is 1. The van der Waals surface area contributed by atoms with Gasteiger partial charge < -0.3 is 10.1 Å². The fourth-order valence-electron chi connectivity index (χ4n) is 2.46. The normalized spacial score (nSPS) is 10.9. The van der Waals surface area contributed by atoms with Gasteiger partial charge in [0.05, 0.1) is 12.9 Å². The molecule has 0 fully saturated rings. The monoisotopic (exact) mass is 371 g/mol. The van der Waals surface area contributed by atoms with Gasteiger partial charge in [-0.25, -0.2) is 9.50 Å². The number of methoxy groups -OCH3 is 1. The Balaban J connectivity index is 1.59. The highest BCUT2D eigenvalue weighted by Crippen LogP contribution is 2.17. The average molecular weight is 371 g/mol. The number of nitrogens with zero attached hydrogens (tertiary/aromatic N) is 4. The number of amides is 1. The molecule has 0 unspecified atom stereocenters. The van der Waals surface area contributed by atoms with Gasteiger partial charge in [0.1, 0.15) is 5.75 Å². The molecule has 0 aliphatic heterocycles. The third kappa shape index (κ3) is 3.96. The first-order valence-electron chi connectivity index (χ1n) is 8.21. The molecule has 0 aliphatic carbocycles. The van der Waals surface area contributed by atoms with Gasteiger partial charge in [0, 0.05) is 17.9 Å². The van der Waals surface area contributed by atoms with Crippen molar-refractivity contribution in [1.29, 1.82) is 0 Å². The molecule has 26 heavy (non-hydrogen) atoms. The fraction of sp³-hybridized carbons (Fsp3) is 0.333. The standard InChI is InChI=1S/C18H21N5O2S/c1-11-12(2)20-17-21-18(22-23(17)13(11)3)26-10-16(24)19-9-14-6-5-7-15(8-14)25-4/h5-8H,9-10H2,1-4H3,(H,19,24).